The number of aliphatic imine (C=N–C) groups is 1. The molecule has 29 heavy (non-hydrogen) atoms. The monoisotopic (exact) mass is 420 g/mol. The molecule has 0 saturated heterocycles. The Bertz CT molecular complexity index is 948. The molecule has 1 atom stereocenters. The molecule has 2 aromatic rings. The Morgan fingerprint density at radius 2 is 1.90 bits per heavy atom. The fraction of sp³-hybridized carbons (Fsp3) is 0.500. The maximum Gasteiger partial charge on any atom is 0.240 e. The second kappa shape index (κ2) is 9.89. The van der Waals surface area contributed by atoms with E-state index in [1.54, 1.807) is 24.3 Å². The van der Waals surface area contributed by atoms with Crippen molar-refractivity contribution in [2.75, 3.05) is 13.6 Å². The van der Waals surface area contributed by atoms with E-state index >= 15 is 0 Å². The van der Waals surface area contributed by atoms with Crippen LogP contribution in [0.15, 0.2) is 34.2 Å². The summed E-state index contributed by atoms with van der Waals surface area (Å²) in [5, 5.41) is 11.2. The third-order valence-corrected chi connectivity index (χ3v) is 6.25. The zero-order valence-corrected chi connectivity index (χ0v) is 18.9. The van der Waals surface area contributed by atoms with Gasteiger partial charge in [-0.3, -0.25) is 4.68 Å². The smallest absolute Gasteiger partial charge is 0.240 e. The molecule has 1 heterocycles. The molecule has 1 aromatic carbocycles. The molecule has 9 heteroatoms. The lowest BCUT2D eigenvalue weighted by Gasteiger charge is -2.18. The number of sulfonamides is 1. The average molecular weight is 421 g/mol. The van der Waals surface area contributed by atoms with E-state index < -0.39 is 10.0 Å². The Kier molecular flexibility index (Phi) is 7.80. The minimum absolute atomic E-state index is 0.178. The standard InChI is InChI=1S/C20H32N6O2S/c1-7-22-20(24-14(2)12-19-15(3)25-26(6)16(19)4)23-13-17-8-10-18(11-9-17)29(27,28)21-5/h8-11,14,21H,7,12-13H2,1-6H3,(H2,22,23,24). The molecule has 0 fully saturated rings. The maximum absolute atomic E-state index is 11.8. The van der Waals surface area contributed by atoms with Crippen LogP contribution in [0.2, 0.25) is 0 Å². The van der Waals surface area contributed by atoms with Crippen molar-refractivity contribution in [3.05, 3.63) is 46.8 Å². The van der Waals surface area contributed by atoms with Gasteiger partial charge < -0.3 is 10.6 Å². The molecule has 0 radical (unpaired) electrons. The number of benzene rings is 1. The van der Waals surface area contributed by atoms with E-state index in [9.17, 15) is 8.42 Å². The summed E-state index contributed by atoms with van der Waals surface area (Å²) in [6, 6.07) is 6.92. The molecule has 0 aliphatic rings. The van der Waals surface area contributed by atoms with Gasteiger partial charge >= 0.3 is 0 Å². The number of aromatic nitrogens is 2. The first-order valence-electron chi connectivity index (χ1n) is 9.74. The van der Waals surface area contributed by atoms with Crippen LogP contribution >= 0.6 is 0 Å². The average Bonchev–Trinajstić information content (AvgIpc) is 2.92. The third-order valence-electron chi connectivity index (χ3n) is 4.82. The van der Waals surface area contributed by atoms with Gasteiger partial charge in [0, 0.05) is 25.3 Å². The van der Waals surface area contributed by atoms with Crippen LogP contribution in [0.25, 0.3) is 0 Å². The van der Waals surface area contributed by atoms with E-state index in [1.807, 2.05) is 25.6 Å². The van der Waals surface area contributed by atoms with Gasteiger partial charge in [-0.05, 0) is 64.4 Å². The van der Waals surface area contributed by atoms with Crippen LogP contribution < -0.4 is 15.4 Å². The second-order valence-corrected chi connectivity index (χ2v) is 8.96. The summed E-state index contributed by atoms with van der Waals surface area (Å²) in [6.07, 6.45) is 0.854. The predicted octanol–water partition coefficient (Wildman–Crippen LogP) is 1.63. The van der Waals surface area contributed by atoms with Crippen molar-refractivity contribution < 1.29 is 8.42 Å². The van der Waals surface area contributed by atoms with E-state index in [1.165, 1.54) is 18.3 Å². The second-order valence-electron chi connectivity index (χ2n) is 7.07. The Hall–Kier alpha value is -2.39. The summed E-state index contributed by atoms with van der Waals surface area (Å²) < 4.78 is 27.9. The molecular formula is C20H32N6O2S. The first kappa shape index (κ1) is 22.9. The highest BCUT2D eigenvalue weighted by molar-refractivity contribution is 7.89. The first-order valence-corrected chi connectivity index (χ1v) is 11.2. The maximum atomic E-state index is 11.8. The molecule has 0 spiro atoms. The quantitative estimate of drug-likeness (QED) is 0.445. The van der Waals surface area contributed by atoms with Crippen LogP contribution in [-0.2, 0) is 30.0 Å². The van der Waals surface area contributed by atoms with Crippen molar-refractivity contribution in [1.29, 1.82) is 0 Å². The number of rotatable bonds is 8. The van der Waals surface area contributed by atoms with Gasteiger partial charge in [-0.15, -0.1) is 0 Å². The topological polar surface area (TPSA) is 100 Å². The number of guanidine groups is 1. The molecule has 0 bridgehead atoms. The van der Waals surface area contributed by atoms with Crippen LogP contribution in [0, 0.1) is 13.8 Å². The van der Waals surface area contributed by atoms with E-state index in [4.69, 9.17) is 0 Å². The highest BCUT2D eigenvalue weighted by Crippen LogP contribution is 2.14. The summed E-state index contributed by atoms with van der Waals surface area (Å²) in [5.74, 6) is 0.728. The van der Waals surface area contributed by atoms with Gasteiger partial charge in [-0.25, -0.2) is 18.1 Å². The van der Waals surface area contributed by atoms with Gasteiger partial charge in [0.05, 0.1) is 17.1 Å². The van der Waals surface area contributed by atoms with Crippen LogP contribution in [0.1, 0.15) is 36.4 Å². The van der Waals surface area contributed by atoms with Crippen molar-refractivity contribution >= 4 is 16.0 Å². The third kappa shape index (κ3) is 6.04. The summed E-state index contributed by atoms with van der Waals surface area (Å²) in [4.78, 5) is 4.88. The summed E-state index contributed by atoms with van der Waals surface area (Å²) in [6.45, 7) is 9.46. The van der Waals surface area contributed by atoms with Crippen molar-refractivity contribution in [2.24, 2.45) is 12.0 Å². The molecule has 0 amide bonds. The minimum atomic E-state index is -3.42. The fourth-order valence-electron chi connectivity index (χ4n) is 3.09. The van der Waals surface area contributed by atoms with Crippen LogP contribution in [0.3, 0.4) is 0 Å². The predicted molar refractivity (Wildman–Crippen MR) is 116 cm³/mol. The number of nitrogens with zero attached hydrogens (tertiary/aromatic N) is 3. The number of hydrogen-bond donors (Lipinski definition) is 3. The number of nitrogens with one attached hydrogen (secondary N) is 3. The van der Waals surface area contributed by atoms with Crippen molar-refractivity contribution in [3.8, 4) is 0 Å². The summed E-state index contributed by atoms with van der Waals surface area (Å²) >= 11 is 0. The lowest BCUT2D eigenvalue weighted by Crippen LogP contribution is -2.43. The van der Waals surface area contributed by atoms with Crippen molar-refractivity contribution in [1.82, 2.24) is 25.1 Å². The molecule has 3 N–H and O–H groups in total. The van der Waals surface area contributed by atoms with Gasteiger partial charge in [-0.2, -0.15) is 5.10 Å². The molecule has 8 nitrogen and oxygen atoms in total. The highest BCUT2D eigenvalue weighted by Gasteiger charge is 2.14. The van der Waals surface area contributed by atoms with E-state index in [0.717, 1.165) is 30.2 Å². The summed E-state index contributed by atoms with van der Waals surface area (Å²) in [5.41, 5.74) is 4.42. The lowest BCUT2D eigenvalue weighted by molar-refractivity contribution is 0.588. The van der Waals surface area contributed by atoms with E-state index in [-0.39, 0.29) is 10.9 Å². The first-order chi connectivity index (χ1) is 13.7. The molecule has 0 aliphatic carbocycles. The van der Waals surface area contributed by atoms with Gasteiger partial charge in [-0.1, -0.05) is 12.1 Å². The number of aryl methyl sites for hydroxylation is 2. The zero-order chi connectivity index (χ0) is 21.6. The largest absolute Gasteiger partial charge is 0.357 e. The Labute approximate surface area is 173 Å². The van der Waals surface area contributed by atoms with Gasteiger partial charge in [0.15, 0.2) is 5.96 Å². The Balaban J connectivity index is 2.05. The SMILES string of the molecule is CCNC(=NCc1ccc(S(=O)(=O)NC)cc1)NC(C)Cc1c(C)nn(C)c1C. The molecule has 2 rings (SSSR count). The van der Waals surface area contributed by atoms with E-state index in [0.29, 0.717) is 6.54 Å². The normalized spacial score (nSPS) is 13.4. The highest BCUT2D eigenvalue weighted by atomic mass is 32.2. The van der Waals surface area contributed by atoms with Crippen LogP contribution in [0.4, 0.5) is 0 Å². The van der Waals surface area contributed by atoms with Crippen LogP contribution in [0.5, 0.6) is 0 Å². The summed E-state index contributed by atoms with van der Waals surface area (Å²) in [7, 11) is -0.0620. The Morgan fingerprint density at radius 1 is 1.24 bits per heavy atom. The zero-order valence-electron chi connectivity index (χ0n) is 18.1. The van der Waals surface area contributed by atoms with Crippen molar-refractivity contribution in [2.45, 2.75) is 51.6 Å². The van der Waals surface area contributed by atoms with E-state index in [2.05, 4.69) is 39.3 Å². The van der Waals surface area contributed by atoms with Crippen LogP contribution in [-0.4, -0.2) is 43.8 Å². The molecule has 0 aliphatic heterocycles. The van der Waals surface area contributed by atoms with Gasteiger partial charge in [0.1, 0.15) is 0 Å². The molecule has 1 aromatic heterocycles. The lowest BCUT2D eigenvalue weighted by atomic mass is 10.1. The minimum Gasteiger partial charge on any atom is -0.357 e. The molecule has 1 unspecified atom stereocenters. The molecular weight excluding hydrogens is 388 g/mol. The molecule has 160 valence electrons. The van der Waals surface area contributed by atoms with Gasteiger partial charge in [0.25, 0.3) is 0 Å². The van der Waals surface area contributed by atoms with Gasteiger partial charge in [0.2, 0.25) is 10.0 Å². The van der Waals surface area contributed by atoms with Crippen molar-refractivity contribution in [3.63, 3.8) is 0 Å². The number of hydrogen-bond acceptors (Lipinski definition) is 4. The molecule has 0 saturated carbocycles. The fourth-order valence-corrected chi connectivity index (χ4v) is 3.82. The Morgan fingerprint density at radius 3 is 2.41 bits per heavy atom.